The molecule has 144 valence electrons. The molecule has 2 aromatic rings. The number of rotatable bonds is 4. The zero-order valence-electron chi connectivity index (χ0n) is 16.3. The van der Waals surface area contributed by atoms with Crippen molar-refractivity contribution >= 4 is 17.4 Å². The summed E-state index contributed by atoms with van der Waals surface area (Å²) in [6.45, 7) is 10.7. The number of benzene rings is 1. The molecule has 1 saturated heterocycles. The van der Waals surface area contributed by atoms with Gasteiger partial charge >= 0.3 is 0 Å². The van der Waals surface area contributed by atoms with Gasteiger partial charge in [-0.3, -0.25) is 9.69 Å². The normalized spacial score (nSPS) is 16.3. The van der Waals surface area contributed by atoms with Crippen LogP contribution in [0.15, 0.2) is 24.3 Å². The molecular formula is C20H26FN5O. The minimum atomic E-state index is -0.354. The van der Waals surface area contributed by atoms with E-state index in [1.807, 2.05) is 33.8 Å². The number of aromatic nitrogens is 2. The number of carbonyl (C=O) groups is 1. The Labute approximate surface area is 159 Å². The number of anilines is 2. The molecule has 0 radical (unpaired) electrons. The number of hydrogen-bond acceptors (Lipinski definition) is 5. The zero-order chi connectivity index (χ0) is 19.6. The second kappa shape index (κ2) is 8.00. The molecular weight excluding hydrogens is 345 g/mol. The van der Waals surface area contributed by atoms with E-state index in [0.717, 1.165) is 49.1 Å². The van der Waals surface area contributed by atoms with Gasteiger partial charge in [0.05, 0.1) is 6.04 Å². The summed E-state index contributed by atoms with van der Waals surface area (Å²) in [6, 6.07) is 6.12. The maximum atomic E-state index is 13.4. The smallest absolute Gasteiger partial charge is 0.241 e. The van der Waals surface area contributed by atoms with Gasteiger partial charge in [-0.15, -0.1) is 0 Å². The standard InChI is InChI=1S/C20H26FN5O/c1-13-5-6-17(21)12-18(13)24-20(27)15(3)25-7-9-26(10-8-25)19-11-14(2)22-16(4)23-19/h5-6,11-12,15H,7-10H2,1-4H3,(H,24,27). The molecule has 0 spiro atoms. The molecule has 1 atom stereocenters. The van der Waals surface area contributed by atoms with Crippen LogP contribution in [0.25, 0.3) is 0 Å². The fraction of sp³-hybridized carbons (Fsp3) is 0.450. The number of piperazine rings is 1. The van der Waals surface area contributed by atoms with E-state index in [2.05, 4.69) is 25.1 Å². The van der Waals surface area contributed by atoms with Crippen LogP contribution in [0.3, 0.4) is 0 Å². The molecule has 1 unspecified atom stereocenters. The molecule has 2 heterocycles. The Hall–Kier alpha value is -2.54. The van der Waals surface area contributed by atoms with E-state index in [4.69, 9.17) is 0 Å². The summed E-state index contributed by atoms with van der Waals surface area (Å²) in [6.07, 6.45) is 0. The largest absolute Gasteiger partial charge is 0.354 e. The van der Waals surface area contributed by atoms with Crippen LogP contribution in [0, 0.1) is 26.6 Å². The van der Waals surface area contributed by atoms with Gasteiger partial charge < -0.3 is 10.2 Å². The van der Waals surface area contributed by atoms with Crippen molar-refractivity contribution in [3.05, 3.63) is 47.2 Å². The van der Waals surface area contributed by atoms with Crippen LogP contribution in [-0.2, 0) is 4.79 Å². The van der Waals surface area contributed by atoms with E-state index >= 15 is 0 Å². The van der Waals surface area contributed by atoms with Crippen molar-refractivity contribution in [1.82, 2.24) is 14.9 Å². The Kier molecular flexibility index (Phi) is 5.70. The Morgan fingerprint density at radius 2 is 1.81 bits per heavy atom. The number of carbonyl (C=O) groups excluding carboxylic acids is 1. The van der Waals surface area contributed by atoms with Crippen LogP contribution in [-0.4, -0.2) is 53.0 Å². The first-order valence-corrected chi connectivity index (χ1v) is 9.22. The molecule has 1 aliphatic rings. The minimum absolute atomic E-state index is 0.120. The van der Waals surface area contributed by atoms with Gasteiger partial charge in [-0.1, -0.05) is 6.07 Å². The molecule has 1 aromatic heterocycles. The molecule has 1 aromatic carbocycles. The van der Waals surface area contributed by atoms with Crippen molar-refractivity contribution in [3.63, 3.8) is 0 Å². The second-order valence-electron chi connectivity index (χ2n) is 7.06. The first-order chi connectivity index (χ1) is 12.8. The van der Waals surface area contributed by atoms with Crippen molar-refractivity contribution in [2.24, 2.45) is 0 Å². The van der Waals surface area contributed by atoms with Crippen LogP contribution in [0.2, 0.25) is 0 Å². The molecule has 0 bridgehead atoms. The molecule has 1 amide bonds. The van der Waals surface area contributed by atoms with Gasteiger partial charge in [0.1, 0.15) is 17.5 Å². The van der Waals surface area contributed by atoms with Crippen molar-refractivity contribution in [1.29, 1.82) is 0 Å². The summed E-state index contributed by atoms with van der Waals surface area (Å²) in [7, 11) is 0. The number of hydrogen-bond donors (Lipinski definition) is 1. The monoisotopic (exact) mass is 371 g/mol. The third-order valence-corrected chi connectivity index (χ3v) is 4.98. The van der Waals surface area contributed by atoms with Crippen molar-refractivity contribution in [3.8, 4) is 0 Å². The van der Waals surface area contributed by atoms with Crippen LogP contribution in [0.1, 0.15) is 24.0 Å². The highest BCUT2D eigenvalue weighted by atomic mass is 19.1. The van der Waals surface area contributed by atoms with Gasteiger partial charge in [-0.05, 0) is 45.4 Å². The van der Waals surface area contributed by atoms with Gasteiger partial charge in [-0.25, -0.2) is 14.4 Å². The molecule has 7 heteroatoms. The van der Waals surface area contributed by atoms with Crippen molar-refractivity contribution in [2.45, 2.75) is 33.7 Å². The van der Waals surface area contributed by atoms with E-state index in [-0.39, 0.29) is 17.8 Å². The first-order valence-electron chi connectivity index (χ1n) is 9.22. The lowest BCUT2D eigenvalue weighted by Gasteiger charge is -2.38. The lowest BCUT2D eigenvalue weighted by Crippen LogP contribution is -2.53. The Bertz CT molecular complexity index is 813. The molecule has 1 aliphatic heterocycles. The molecule has 0 saturated carbocycles. The predicted octanol–water partition coefficient (Wildman–Crippen LogP) is 2.69. The summed E-state index contributed by atoms with van der Waals surface area (Å²) in [5.41, 5.74) is 2.33. The number of nitrogens with one attached hydrogen (secondary N) is 1. The summed E-state index contributed by atoms with van der Waals surface area (Å²) < 4.78 is 13.4. The van der Waals surface area contributed by atoms with E-state index in [1.54, 1.807) is 6.07 Å². The lowest BCUT2D eigenvalue weighted by molar-refractivity contribution is -0.120. The zero-order valence-corrected chi connectivity index (χ0v) is 16.3. The second-order valence-corrected chi connectivity index (χ2v) is 7.06. The molecule has 1 fully saturated rings. The summed E-state index contributed by atoms with van der Waals surface area (Å²) in [5.74, 6) is 1.23. The van der Waals surface area contributed by atoms with Crippen LogP contribution < -0.4 is 10.2 Å². The van der Waals surface area contributed by atoms with Crippen molar-refractivity contribution in [2.75, 3.05) is 36.4 Å². The van der Waals surface area contributed by atoms with Gasteiger partial charge in [-0.2, -0.15) is 0 Å². The number of nitrogens with zero attached hydrogens (tertiary/aromatic N) is 4. The third-order valence-electron chi connectivity index (χ3n) is 4.98. The van der Waals surface area contributed by atoms with Gasteiger partial charge in [0.15, 0.2) is 0 Å². The summed E-state index contributed by atoms with van der Waals surface area (Å²) in [4.78, 5) is 25.8. The number of aryl methyl sites for hydroxylation is 3. The Balaban J connectivity index is 1.60. The predicted molar refractivity (Wildman–Crippen MR) is 105 cm³/mol. The fourth-order valence-electron chi connectivity index (χ4n) is 3.33. The van der Waals surface area contributed by atoms with Crippen molar-refractivity contribution < 1.29 is 9.18 Å². The van der Waals surface area contributed by atoms with Gasteiger partial charge in [0, 0.05) is 43.6 Å². The molecule has 6 nitrogen and oxygen atoms in total. The quantitative estimate of drug-likeness (QED) is 0.895. The maximum Gasteiger partial charge on any atom is 0.241 e. The van der Waals surface area contributed by atoms with Crippen LogP contribution in [0.4, 0.5) is 15.9 Å². The van der Waals surface area contributed by atoms with Crippen LogP contribution in [0.5, 0.6) is 0 Å². The highest BCUT2D eigenvalue weighted by molar-refractivity contribution is 5.95. The molecule has 1 N–H and O–H groups in total. The Morgan fingerprint density at radius 3 is 2.48 bits per heavy atom. The topological polar surface area (TPSA) is 61.4 Å². The third kappa shape index (κ3) is 4.60. The summed E-state index contributed by atoms with van der Waals surface area (Å²) >= 11 is 0. The maximum absolute atomic E-state index is 13.4. The molecule has 3 rings (SSSR count). The van der Waals surface area contributed by atoms with E-state index in [1.165, 1.54) is 12.1 Å². The average Bonchev–Trinajstić information content (AvgIpc) is 2.63. The van der Waals surface area contributed by atoms with Gasteiger partial charge in [0.25, 0.3) is 0 Å². The van der Waals surface area contributed by atoms with E-state index in [0.29, 0.717) is 5.69 Å². The number of halogens is 1. The lowest BCUT2D eigenvalue weighted by atomic mass is 10.1. The van der Waals surface area contributed by atoms with Gasteiger partial charge in [0.2, 0.25) is 5.91 Å². The molecule has 0 aliphatic carbocycles. The fourth-order valence-corrected chi connectivity index (χ4v) is 3.33. The summed E-state index contributed by atoms with van der Waals surface area (Å²) in [5, 5.41) is 2.85. The highest BCUT2D eigenvalue weighted by Gasteiger charge is 2.26. The molecule has 27 heavy (non-hydrogen) atoms. The average molecular weight is 371 g/mol. The minimum Gasteiger partial charge on any atom is -0.354 e. The van der Waals surface area contributed by atoms with E-state index < -0.39 is 0 Å². The first kappa shape index (κ1) is 19.2. The SMILES string of the molecule is Cc1cc(N2CCN(C(C)C(=O)Nc3cc(F)ccc3C)CC2)nc(C)n1. The Morgan fingerprint density at radius 1 is 1.11 bits per heavy atom. The van der Waals surface area contributed by atoms with Crippen LogP contribution >= 0.6 is 0 Å². The highest BCUT2D eigenvalue weighted by Crippen LogP contribution is 2.19. The number of amides is 1. The van der Waals surface area contributed by atoms with E-state index in [9.17, 15) is 9.18 Å².